The fraction of sp³-hybridized carbons (Fsp3) is 0.0741. The Kier molecular flexibility index (Phi) is 4.62. The fourth-order valence-corrected chi connectivity index (χ4v) is 3.69. The minimum Gasteiger partial charge on any atom is -0.228 e. The average Bonchev–Trinajstić information content (AvgIpc) is 3.35. The molecule has 0 saturated carbocycles. The zero-order chi connectivity index (χ0) is 19.5. The summed E-state index contributed by atoms with van der Waals surface area (Å²) in [4.78, 5) is 9.76. The van der Waals surface area contributed by atoms with Gasteiger partial charge >= 0.3 is 0 Å². The summed E-state index contributed by atoms with van der Waals surface area (Å²) in [5.41, 5.74) is 9.63. The Morgan fingerprint density at radius 3 is 2.21 bits per heavy atom. The molecule has 0 radical (unpaired) electrons. The van der Waals surface area contributed by atoms with Gasteiger partial charge in [-0.1, -0.05) is 85.0 Å². The molecule has 138 valence electrons. The van der Waals surface area contributed by atoms with Gasteiger partial charge < -0.3 is 0 Å². The van der Waals surface area contributed by atoms with Crippen LogP contribution in [0.5, 0.6) is 0 Å². The van der Waals surface area contributed by atoms with E-state index in [1.165, 1.54) is 5.57 Å². The number of allylic oxidation sites excluding steroid dienone is 7. The molecule has 0 amide bonds. The molecule has 3 aromatic rings. The van der Waals surface area contributed by atoms with Crippen molar-refractivity contribution < 1.29 is 0 Å². The molecular weight excluding hydrogens is 352 g/mol. The van der Waals surface area contributed by atoms with Gasteiger partial charge in [0.05, 0.1) is 11.4 Å². The van der Waals surface area contributed by atoms with Crippen molar-refractivity contribution in [3.63, 3.8) is 0 Å². The molecule has 1 heterocycles. The lowest BCUT2D eigenvalue weighted by Gasteiger charge is -2.17. The molecule has 0 spiro atoms. The van der Waals surface area contributed by atoms with E-state index in [-0.39, 0.29) is 0 Å². The van der Waals surface area contributed by atoms with Crippen LogP contribution in [-0.2, 0) is 0 Å². The first kappa shape index (κ1) is 17.4. The maximum atomic E-state index is 4.90. The van der Waals surface area contributed by atoms with Gasteiger partial charge in [-0.25, -0.2) is 9.97 Å². The number of benzene rings is 2. The molecule has 1 atom stereocenters. The van der Waals surface area contributed by atoms with Gasteiger partial charge in [0.15, 0.2) is 5.82 Å². The molecule has 1 unspecified atom stereocenters. The van der Waals surface area contributed by atoms with Gasteiger partial charge in [0, 0.05) is 17.0 Å². The van der Waals surface area contributed by atoms with Crippen molar-refractivity contribution in [2.24, 2.45) is 5.92 Å². The van der Waals surface area contributed by atoms with E-state index in [0.29, 0.717) is 5.92 Å². The van der Waals surface area contributed by atoms with E-state index in [1.54, 1.807) is 0 Å². The van der Waals surface area contributed by atoms with Crippen molar-refractivity contribution in [1.29, 1.82) is 0 Å². The molecule has 2 heteroatoms. The van der Waals surface area contributed by atoms with Gasteiger partial charge in [-0.3, -0.25) is 0 Å². The summed E-state index contributed by atoms with van der Waals surface area (Å²) < 4.78 is 0. The maximum Gasteiger partial charge on any atom is 0.160 e. The SMILES string of the molecule is C1=CC=C(C2C=CC(c3cc(-c4ccccc4)nc(-c4ccccc4)n3)=CC2)C=1. The third kappa shape index (κ3) is 3.67. The van der Waals surface area contributed by atoms with E-state index in [4.69, 9.17) is 9.97 Å². The number of aromatic nitrogens is 2. The highest BCUT2D eigenvalue weighted by Gasteiger charge is 2.16. The first-order valence-electron chi connectivity index (χ1n) is 9.88. The highest BCUT2D eigenvalue weighted by Crippen LogP contribution is 2.31. The molecule has 2 aliphatic carbocycles. The summed E-state index contributed by atoms with van der Waals surface area (Å²) in [6, 6.07) is 22.6. The van der Waals surface area contributed by atoms with Crippen LogP contribution < -0.4 is 0 Å². The fourth-order valence-electron chi connectivity index (χ4n) is 3.69. The quantitative estimate of drug-likeness (QED) is 0.494. The van der Waals surface area contributed by atoms with Gasteiger partial charge in [0.1, 0.15) is 0 Å². The molecule has 2 aliphatic rings. The Morgan fingerprint density at radius 2 is 1.55 bits per heavy atom. The van der Waals surface area contributed by atoms with E-state index in [2.05, 4.69) is 66.4 Å². The maximum absolute atomic E-state index is 4.90. The van der Waals surface area contributed by atoms with E-state index in [1.807, 2.05) is 42.5 Å². The molecule has 0 fully saturated rings. The molecule has 1 aromatic heterocycles. The van der Waals surface area contributed by atoms with Crippen LogP contribution in [0.3, 0.4) is 0 Å². The van der Waals surface area contributed by atoms with Crippen LogP contribution in [0.25, 0.3) is 28.2 Å². The summed E-state index contributed by atoms with van der Waals surface area (Å²) in [5.74, 6) is 1.16. The molecule has 5 rings (SSSR count). The Morgan fingerprint density at radius 1 is 0.828 bits per heavy atom. The average molecular weight is 372 g/mol. The first-order valence-corrected chi connectivity index (χ1v) is 9.88. The van der Waals surface area contributed by atoms with Crippen LogP contribution in [0.1, 0.15) is 12.1 Å². The Bertz CT molecular complexity index is 1130. The summed E-state index contributed by atoms with van der Waals surface area (Å²) in [7, 11) is 0. The summed E-state index contributed by atoms with van der Waals surface area (Å²) in [5, 5.41) is 0. The second-order valence-electron chi connectivity index (χ2n) is 7.20. The Labute approximate surface area is 171 Å². The predicted octanol–water partition coefficient (Wildman–Crippen LogP) is 6.42. The van der Waals surface area contributed by atoms with Crippen LogP contribution in [0, 0.1) is 5.92 Å². The zero-order valence-electron chi connectivity index (χ0n) is 16.0. The van der Waals surface area contributed by atoms with Crippen LogP contribution in [0.15, 0.2) is 114 Å². The smallest absolute Gasteiger partial charge is 0.160 e. The Balaban J connectivity index is 1.54. The van der Waals surface area contributed by atoms with Crippen LogP contribution in [0.4, 0.5) is 0 Å². The second-order valence-corrected chi connectivity index (χ2v) is 7.20. The second kappa shape index (κ2) is 7.71. The van der Waals surface area contributed by atoms with Gasteiger partial charge in [-0.15, -0.1) is 5.73 Å². The summed E-state index contributed by atoms with van der Waals surface area (Å²) >= 11 is 0. The highest BCUT2D eigenvalue weighted by atomic mass is 14.9. The number of hydrogen-bond donors (Lipinski definition) is 0. The lowest BCUT2D eigenvalue weighted by molar-refractivity contribution is 0.791. The van der Waals surface area contributed by atoms with Crippen LogP contribution in [0.2, 0.25) is 0 Å². The van der Waals surface area contributed by atoms with Gasteiger partial charge in [-0.05, 0) is 35.8 Å². The number of hydrogen-bond acceptors (Lipinski definition) is 2. The predicted molar refractivity (Wildman–Crippen MR) is 119 cm³/mol. The van der Waals surface area contributed by atoms with E-state index < -0.39 is 0 Å². The van der Waals surface area contributed by atoms with Gasteiger partial charge in [-0.2, -0.15) is 0 Å². The summed E-state index contributed by atoms with van der Waals surface area (Å²) in [6.07, 6.45) is 13.9. The van der Waals surface area contributed by atoms with E-state index in [9.17, 15) is 0 Å². The standard InChI is InChI=1S/C27H20N2/c1-3-11-22(12-4-1)25-19-26(29-27(28-25)24-13-5-2-6-14-24)23-17-15-21(16-18-23)20-9-7-8-10-20/h1-7,9-15,17-19,21H,16H2. The van der Waals surface area contributed by atoms with Crippen molar-refractivity contribution in [3.05, 3.63) is 120 Å². The van der Waals surface area contributed by atoms with Crippen LogP contribution in [-0.4, -0.2) is 9.97 Å². The van der Waals surface area contributed by atoms with Crippen molar-refractivity contribution in [1.82, 2.24) is 9.97 Å². The monoisotopic (exact) mass is 372 g/mol. The number of rotatable bonds is 4. The third-order valence-corrected chi connectivity index (χ3v) is 5.27. The zero-order valence-corrected chi connectivity index (χ0v) is 16.0. The largest absolute Gasteiger partial charge is 0.228 e. The number of nitrogens with zero attached hydrogens (tertiary/aromatic N) is 2. The van der Waals surface area contributed by atoms with Crippen molar-refractivity contribution in [3.8, 4) is 22.6 Å². The molecule has 0 saturated heterocycles. The topological polar surface area (TPSA) is 25.8 Å². The molecule has 2 nitrogen and oxygen atoms in total. The lowest BCUT2D eigenvalue weighted by Crippen LogP contribution is -2.03. The van der Waals surface area contributed by atoms with Crippen molar-refractivity contribution in [2.45, 2.75) is 6.42 Å². The molecule has 2 aromatic carbocycles. The highest BCUT2D eigenvalue weighted by molar-refractivity contribution is 5.77. The molecule has 29 heavy (non-hydrogen) atoms. The van der Waals surface area contributed by atoms with E-state index in [0.717, 1.165) is 40.3 Å². The van der Waals surface area contributed by atoms with Crippen molar-refractivity contribution in [2.75, 3.05) is 0 Å². The third-order valence-electron chi connectivity index (χ3n) is 5.27. The molecular formula is C27H20N2. The van der Waals surface area contributed by atoms with Gasteiger partial charge in [0.2, 0.25) is 0 Å². The molecule has 0 aliphatic heterocycles. The van der Waals surface area contributed by atoms with Crippen molar-refractivity contribution >= 4 is 5.57 Å². The van der Waals surface area contributed by atoms with E-state index >= 15 is 0 Å². The van der Waals surface area contributed by atoms with Gasteiger partial charge in [0.25, 0.3) is 0 Å². The minimum atomic E-state index is 0.411. The Hall–Kier alpha value is -3.74. The summed E-state index contributed by atoms with van der Waals surface area (Å²) in [6.45, 7) is 0. The van der Waals surface area contributed by atoms with Crippen LogP contribution >= 0.6 is 0 Å². The molecule has 0 N–H and O–H groups in total. The lowest BCUT2D eigenvalue weighted by atomic mass is 9.89. The molecule has 0 bridgehead atoms. The normalized spacial score (nSPS) is 17.3. The first-order chi connectivity index (χ1) is 14.4. The minimum absolute atomic E-state index is 0.411.